The summed E-state index contributed by atoms with van der Waals surface area (Å²) in [7, 11) is 0. The molecule has 0 aromatic carbocycles. The van der Waals surface area contributed by atoms with Gasteiger partial charge in [0.2, 0.25) is 0 Å². The molecule has 3 rings (SSSR count). The molecule has 2 aliphatic rings. The van der Waals surface area contributed by atoms with Crippen molar-refractivity contribution >= 4 is 11.7 Å². The number of aromatic nitrogens is 1. The van der Waals surface area contributed by atoms with Crippen LogP contribution in [0.25, 0.3) is 0 Å². The topological polar surface area (TPSA) is 50.3 Å². The maximum absolute atomic E-state index is 12.8. The molecule has 2 heterocycles. The first-order chi connectivity index (χ1) is 10.2. The highest BCUT2D eigenvalue weighted by Crippen LogP contribution is 2.33. The zero-order valence-electron chi connectivity index (χ0n) is 12.5. The van der Waals surface area contributed by atoms with Gasteiger partial charge in [0.25, 0.3) is 5.91 Å². The van der Waals surface area contributed by atoms with Crippen molar-refractivity contribution in [2.24, 2.45) is 5.92 Å². The van der Waals surface area contributed by atoms with E-state index in [-0.39, 0.29) is 17.9 Å². The Morgan fingerprint density at radius 2 is 2.10 bits per heavy atom. The summed E-state index contributed by atoms with van der Waals surface area (Å²) in [5.41, 5.74) is 1.36. The van der Waals surface area contributed by atoms with Crippen LogP contribution in [-0.2, 0) is 4.79 Å². The van der Waals surface area contributed by atoms with Gasteiger partial charge in [-0.15, -0.1) is 0 Å². The van der Waals surface area contributed by atoms with E-state index in [9.17, 15) is 9.59 Å². The molecule has 1 saturated carbocycles. The molecule has 112 valence electrons. The molecule has 2 unspecified atom stereocenters. The number of hydrogen-bond donors (Lipinski definition) is 0. The van der Waals surface area contributed by atoms with Crippen molar-refractivity contribution in [1.82, 2.24) is 9.88 Å². The first kappa shape index (κ1) is 14.2. The Labute approximate surface area is 125 Å². The molecule has 0 N–H and O–H groups in total. The third-order valence-corrected chi connectivity index (χ3v) is 4.73. The van der Waals surface area contributed by atoms with Crippen LogP contribution in [0.5, 0.6) is 0 Å². The summed E-state index contributed by atoms with van der Waals surface area (Å²) < 4.78 is 0. The van der Waals surface area contributed by atoms with Crippen LogP contribution in [0.15, 0.2) is 18.2 Å². The molecule has 0 radical (unpaired) electrons. The van der Waals surface area contributed by atoms with Crippen LogP contribution in [0.4, 0.5) is 0 Å². The minimum atomic E-state index is -0.0110. The molecule has 1 aromatic rings. The van der Waals surface area contributed by atoms with E-state index in [2.05, 4.69) is 4.98 Å². The highest BCUT2D eigenvalue weighted by atomic mass is 16.2. The van der Waals surface area contributed by atoms with Gasteiger partial charge in [0, 0.05) is 30.6 Å². The number of hydrogen-bond acceptors (Lipinski definition) is 3. The largest absolute Gasteiger partial charge is 0.334 e. The molecule has 21 heavy (non-hydrogen) atoms. The number of ketones is 1. The average molecular weight is 286 g/mol. The molecule has 1 aliphatic carbocycles. The van der Waals surface area contributed by atoms with Crippen molar-refractivity contribution in [2.75, 3.05) is 6.54 Å². The van der Waals surface area contributed by atoms with E-state index in [1.807, 2.05) is 24.0 Å². The van der Waals surface area contributed by atoms with E-state index in [1.54, 1.807) is 6.07 Å². The van der Waals surface area contributed by atoms with Crippen molar-refractivity contribution in [3.05, 3.63) is 29.6 Å². The monoisotopic (exact) mass is 286 g/mol. The highest BCUT2D eigenvalue weighted by molar-refractivity contribution is 5.93. The van der Waals surface area contributed by atoms with Gasteiger partial charge in [-0.25, -0.2) is 4.98 Å². The predicted octanol–water partition coefficient (Wildman–Crippen LogP) is 2.75. The Hall–Kier alpha value is -1.71. The number of carbonyl (C=O) groups is 2. The molecule has 1 amide bonds. The zero-order chi connectivity index (χ0) is 14.8. The molecule has 4 heteroatoms. The van der Waals surface area contributed by atoms with E-state index in [4.69, 9.17) is 0 Å². The standard InChI is InChI=1S/C17H22N2O2/c1-12-6-4-8-14(18-12)17(21)19-11-3-2-9-15(19)13-7-5-10-16(13)20/h4,6,8,13,15H,2-3,5,7,9-11H2,1H3. The third-order valence-electron chi connectivity index (χ3n) is 4.73. The number of aryl methyl sites for hydroxylation is 1. The van der Waals surface area contributed by atoms with Gasteiger partial charge in [-0.3, -0.25) is 9.59 Å². The maximum atomic E-state index is 12.8. The molecule has 1 aromatic heterocycles. The second-order valence-corrected chi connectivity index (χ2v) is 6.19. The van der Waals surface area contributed by atoms with Gasteiger partial charge in [-0.2, -0.15) is 0 Å². The fourth-order valence-electron chi connectivity index (χ4n) is 3.69. The lowest BCUT2D eigenvalue weighted by Crippen LogP contribution is -2.48. The lowest BCUT2D eigenvalue weighted by Gasteiger charge is -2.38. The molecule has 4 nitrogen and oxygen atoms in total. The van der Waals surface area contributed by atoms with Crippen LogP contribution in [0.3, 0.4) is 0 Å². The number of rotatable bonds is 2. The van der Waals surface area contributed by atoms with E-state index >= 15 is 0 Å². The van der Waals surface area contributed by atoms with Crippen LogP contribution < -0.4 is 0 Å². The lowest BCUT2D eigenvalue weighted by atomic mass is 9.88. The number of piperidine rings is 1. The summed E-state index contributed by atoms with van der Waals surface area (Å²) >= 11 is 0. The highest BCUT2D eigenvalue weighted by Gasteiger charge is 2.39. The molecule has 2 atom stereocenters. The van der Waals surface area contributed by atoms with Crippen LogP contribution in [0.1, 0.15) is 54.7 Å². The number of carbonyl (C=O) groups excluding carboxylic acids is 2. The number of pyridine rings is 1. The molecular formula is C17H22N2O2. The smallest absolute Gasteiger partial charge is 0.272 e. The fraction of sp³-hybridized carbons (Fsp3) is 0.588. The van der Waals surface area contributed by atoms with Gasteiger partial charge in [-0.1, -0.05) is 6.07 Å². The maximum Gasteiger partial charge on any atom is 0.272 e. The molecule has 0 bridgehead atoms. The molecule has 1 aliphatic heterocycles. The Bertz CT molecular complexity index is 555. The minimum Gasteiger partial charge on any atom is -0.334 e. The first-order valence-electron chi connectivity index (χ1n) is 7.94. The number of Topliss-reactive ketones (excluding diaryl/α,β-unsaturated/α-hetero) is 1. The summed E-state index contributed by atoms with van der Waals surface area (Å²) in [6.45, 7) is 2.65. The average Bonchev–Trinajstić information content (AvgIpc) is 2.92. The first-order valence-corrected chi connectivity index (χ1v) is 7.94. The van der Waals surface area contributed by atoms with Crippen molar-refractivity contribution in [1.29, 1.82) is 0 Å². The van der Waals surface area contributed by atoms with E-state index < -0.39 is 0 Å². The van der Waals surface area contributed by atoms with Crippen molar-refractivity contribution in [3.63, 3.8) is 0 Å². The Kier molecular flexibility index (Phi) is 4.04. The van der Waals surface area contributed by atoms with Crippen LogP contribution in [0, 0.1) is 12.8 Å². The summed E-state index contributed by atoms with van der Waals surface area (Å²) in [6.07, 6.45) is 5.69. The second-order valence-electron chi connectivity index (χ2n) is 6.19. The second kappa shape index (κ2) is 5.96. The van der Waals surface area contributed by atoms with Gasteiger partial charge in [0.15, 0.2) is 0 Å². The molecular weight excluding hydrogens is 264 g/mol. The van der Waals surface area contributed by atoms with Gasteiger partial charge < -0.3 is 4.90 Å². The summed E-state index contributed by atoms with van der Waals surface area (Å²) in [5, 5.41) is 0. The van der Waals surface area contributed by atoms with Crippen molar-refractivity contribution < 1.29 is 9.59 Å². The van der Waals surface area contributed by atoms with Gasteiger partial charge >= 0.3 is 0 Å². The summed E-state index contributed by atoms with van der Waals surface area (Å²) in [5.74, 6) is 0.388. The minimum absolute atomic E-state index is 0.0110. The Morgan fingerprint density at radius 3 is 2.81 bits per heavy atom. The number of nitrogens with zero attached hydrogens (tertiary/aromatic N) is 2. The van der Waals surface area contributed by atoms with Gasteiger partial charge in [-0.05, 0) is 51.2 Å². The number of amides is 1. The van der Waals surface area contributed by atoms with Crippen LogP contribution >= 0.6 is 0 Å². The summed E-state index contributed by atoms with van der Waals surface area (Å²) in [4.78, 5) is 31.1. The van der Waals surface area contributed by atoms with Crippen molar-refractivity contribution in [3.8, 4) is 0 Å². The van der Waals surface area contributed by atoms with Crippen LogP contribution in [-0.4, -0.2) is 34.2 Å². The van der Waals surface area contributed by atoms with Gasteiger partial charge in [0.1, 0.15) is 11.5 Å². The zero-order valence-corrected chi connectivity index (χ0v) is 12.5. The lowest BCUT2D eigenvalue weighted by molar-refractivity contribution is -0.122. The molecule has 1 saturated heterocycles. The normalized spacial score (nSPS) is 26.1. The van der Waals surface area contributed by atoms with Crippen LogP contribution in [0.2, 0.25) is 0 Å². The number of likely N-dealkylation sites (tertiary alicyclic amines) is 1. The van der Waals surface area contributed by atoms with Gasteiger partial charge in [0.05, 0.1) is 0 Å². The Balaban J connectivity index is 1.83. The summed E-state index contributed by atoms with van der Waals surface area (Å²) in [6, 6.07) is 5.63. The van der Waals surface area contributed by atoms with E-state index in [0.29, 0.717) is 17.9 Å². The Morgan fingerprint density at radius 1 is 1.24 bits per heavy atom. The fourth-order valence-corrected chi connectivity index (χ4v) is 3.69. The predicted molar refractivity (Wildman–Crippen MR) is 80.0 cm³/mol. The SMILES string of the molecule is Cc1cccc(C(=O)N2CCCCC2C2CCCC2=O)n1. The van der Waals surface area contributed by atoms with E-state index in [1.165, 1.54) is 0 Å². The van der Waals surface area contributed by atoms with E-state index in [0.717, 1.165) is 44.3 Å². The van der Waals surface area contributed by atoms with Crippen molar-refractivity contribution in [2.45, 2.75) is 51.5 Å². The molecule has 0 spiro atoms. The molecule has 2 fully saturated rings. The third kappa shape index (κ3) is 2.85. The quantitative estimate of drug-likeness (QED) is 0.840.